The molecule has 1 heterocycles. The molecule has 1 N–H and O–H groups in total. The van der Waals surface area contributed by atoms with Crippen molar-refractivity contribution >= 4 is 53.1 Å². The first kappa shape index (κ1) is 31.4. The highest BCUT2D eigenvalue weighted by atomic mass is 35.5. The number of carbonyl (C=O) groups excluding carboxylic acids is 1. The van der Waals surface area contributed by atoms with E-state index in [2.05, 4.69) is 29.0 Å². The van der Waals surface area contributed by atoms with Crippen molar-refractivity contribution in [1.29, 1.82) is 0 Å². The smallest absolute Gasteiger partial charge is 0.418 e. The minimum Gasteiger partial charge on any atom is -0.460 e. The fourth-order valence-corrected chi connectivity index (χ4v) is 3.54. The van der Waals surface area contributed by atoms with Crippen LogP contribution in [0.1, 0.15) is 29.8 Å². The predicted octanol–water partition coefficient (Wildman–Crippen LogP) is 6.36. The first-order valence-corrected chi connectivity index (χ1v) is 11.1. The fraction of sp³-hybridized carbons (Fsp3) is 0.360. The van der Waals surface area contributed by atoms with E-state index in [4.69, 9.17) is 9.47 Å². The molecule has 0 fully saturated rings. The molecule has 0 aliphatic heterocycles. The van der Waals surface area contributed by atoms with E-state index >= 15 is 0 Å². The van der Waals surface area contributed by atoms with Crippen molar-refractivity contribution in [3.8, 4) is 0 Å². The Bertz CT molecular complexity index is 1110. The van der Waals surface area contributed by atoms with Gasteiger partial charge in [0.2, 0.25) is 0 Å². The van der Waals surface area contributed by atoms with Crippen LogP contribution >= 0.6 is 24.8 Å². The number of para-hydroxylation sites is 2. The normalized spacial score (nSPS) is 11.1. The summed E-state index contributed by atoms with van der Waals surface area (Å²) < 4.78 is 51.0. The zero-order valence-corrected chi connectivity index (χ0v) is 21.6. The van der Waals surface area contributed by atoms with Gasteiger partial charge in [-0.2, -0.15) is 13.2 Å². The van der Waals surface area contributed by atoms with Crippen LogP contribution in [0.5, 0.6) is 0 Å². The lowest BCUT2D eigenvalue weighted by atomic mass is 10.1. The van der Waals surface area contributed by atoms with Gasteiger partial charge < -0.3 is 19.7 Å². The average Bonchev–Trinajstić information content (AvgIpc) is 2.83. The molecule has 1 aromatic heterocycles. The maximum absolute atomic E-state index is 13.4. The Morgan fingerprint density at radius 2 is 1.67 bits per heavy atom. The second kappa shape index (κ2) is 14.8. The number of nitrogens with one attached hydrogen (secondary N) is 1. The SMILES string of the molecule is CCN(CC)CCOCCOC(=O)c1ccccc1Nc1ccnc2c(C(F)(F)F)cccc12.Cl.Cl. The molecule has 11 heteroatoms. The summed E-state index contributed by atoms with van der Waals surface area (Å²) in [6.45, 7) is 7.79. The summed E-state index contributed by atoms with van der Waals surface area (Å²) in [6, 6.07) is 12.1. The number of alkyl halides is 3. The largest absolute Gasteiger partial charge is 0.460 e. The molecule has 3 aromatic rings. The second-order valence-corrected chi connectivity index (χ2v) is 7.50. The van der Waals surface area contributed by atoms with Crippen LogP contribution in [0.15, 0.2) is 54.7 Å². The van der Waals surface area contributed by atoms with Crippen LogP contribution < -0.4 is 5.32 Å². The summed E-state index contributed by atoms with van der Waals surface area (Å²) in [5.74, 6) is -0.551. The highest BCUT2D eigenvalue weighted by Gasteiger charge is 2.33. The third-order valence-corrected chi connectivity index (χ3v) is 5.40. The Hall–Kier alpha value is -2.59. The third-order valence-electron chi connectivity index (χ3n) is 5.40. The molecule has 6 nitrogen and oxygen atoms in total. The molecule has 0 amide bonds. The Labute approximate surface area is 221 Å². The second-order valence-electron chi connectivity index (χ2n) is 7.50. The minimum atomic E-state index is -4.53. The first-order valence-electron chi connectivity index (χ1n) is 11.1. The van der Waals surface area contributed by atoms with Gasteiger partial charge in [0.05, 0.1) is 35.5 Å². The summed E-state index contributed by atoms with van der Waals surface area (Å²) in [4.78, 5) is 18.8. The number of pyridine rings is 1. The lowest BCUT2D eigenvalue weighted by Crippen LogP contribution is -2.27. The number of ether oxygens (including phenoxy) is 2. The lowest BCUT2D eigenvalue weighted by molar-refractivity contribution is -0.136. The molecule has 0 aliphatic carbocycles. The van der Waals surface area contributed by atoms with Gasteiger partial charge in [-0.1, -0.05) is 38.1 Å². The topological polar surface area (TPSA) is 63.7 Å². The third kappa shape index (κ3) is 8.23. The Balaban J connectivity index is 0.00000324. The Kier molecular flexibility index (Phi) is 13.0. The molecule has 0 saturated heterocycles. The fourth-order valence-electron chi connectivity index (χ4n) is 3.54. The van der Waals surface area contributed by atoms with E-state index in [1.54, 1.807) is 36.4 Å². The van der Waals surface area contributed by atoms with E-state index in [-0.39, 0.29) is 49.1 Å². The number of halogens is 5. The quantitative estimate of drug-likeness (QED) is 0.222. The number of carbonyl (C=O) groups is 1. The Morgan fingerprint density at radius 1 is 0.944 bits per heavy atom. The van der Waals surface area contributed by atoms with Gasteiger partial charge in [0.15, 0.2) is 0 Å². The molecular formula is C25H30Cl2F3N3O3. The molecule has 198 valence electrons. The molecule has 2 aromatic carbocycles. The number of anilines is 2. The molecule has 0 spiro atoms. The van der Waals surface area contributed by atoms with Gasteiger partial charge >= 0.3 is 12.1 Å². The highest BCUT2D eigenvalue weighted by Crippen LogP contribution is 2.36. The lowest BCUT2D eigenvalue weighted by Gasteiger charge is -2.17. The number of nitrogens with zero attached hydrogens (tertiary/aromatic N) is 2. The van der Waals surface area contributed by atoms with E-state index in [0.717, 1.165) is 25.7 Å². The maximum Gasteiger partial charge on any atom is 0.418 e. The van der Waals surface area contributed by atoms with Crippen molar-refractivity contribution in [3.05, 3.63) is 65.9 Å². The number of benzene rings is 2. The Morgan fingerprint density at radius 3 is 2.36 bits per heavy atom. The standard InChI is InChI=1S/C25H28F3N3O3.2ClH/c1-3-31(4-2)14-15-33-16-17-34-24(32)19-8-5-6-11-21(19)30-22-12-13-29-23-18(22)9-7-10-20(23)25(26,27)28;;/h5-13H,3-4,14-17H2,1-2H3,(H,29,30);2*1H. The van der Waals surface area contributed by atoms with E-state index in [1.807, 2.05) is 0 Å². The van der Waals surface area contributed by atoms with Gasteiger partial charge in [0.25, 0.3) is 0 Å². The number of likely N-dealkylation sites (N-methyl/N-ethyl adjacent to an activating group) is 1. The van der Waals surface area contributed by atoms with Gasteiger partial charge in [0, 0.05) is 23.8 Å². The van der Waals surface area contributed by atoms with Crippen molar-refractivity contribution in [3.63, 3.8) is 0 Å². The number of fused-ring (bicyclic) bond motifs is 1. The molecule has 0 radical (unpaired) electrons. The van der Waals surface area contributed by atoms with Crippen LogP contribution in [-0.4, -0.2) is 55.3 Å². The van der Waals surface area contributed by atoms with Crippen molar-refractivity contribution < 1.29 is 27.4 Å². The molecule has 3 rings (SSSR count). The molecule has 0 aliphatic rings. The number of hydrogen-bond donors (Lipinski definition) is 1. The van der Waals surface area contributed by atoms with Crippen molar-refractivity contribution in [2.75, 3.05) is 44.8 Å². The molecule has 0 saturated carbocycles. The number of rotatable bonds is 11. The molecule has 0 bridgehead atoms. The highest BCUT2D eigenvalue weighted by molar-refractivity contribution is 6.00. The molecular weight excluding hydrogens is 518 g/mol. The van der Waals surface area contributed by atoms with Crippen LogP contribution in [0.3, 0.4) is 0 Å². The molecule has 0 unspecified atom stereocenters. The van der Waals surface area contributed by atoms with Crippen LogP contribution in [0, 0.1) is 0 Å². The van der Waals surface area contributed by atoms with E-state index in [0.29, 0.717) is 23.4 Å². The summed E-state index contributed by atoms with van der Waals surface area (Å²) in [5, 5.41) is 3.36. The van der Waals surface area contributed by atoms with Gasteiger partial charge in [-0.25, -0.2) is 4.79 Å². The van der Waals surface area contributed by atoms with Crippen molar-refractivity contribution in [2.45, 2.75) is 20.0 Å². The zero-order chi connectivity index (χ0) is 24.6. The van der Waals surface area contributed by atoms with Crippen LogP contribution in [0.2, 0.25) is 0 Å². The minimum absolute atomic E-state index is 0. The van der Waals surface area contributed by atoms with Gasteiger partial charge in [-0.3, -0.25) is 4.98 Å². The van der Waals surface area contributed by atoms with Gasteiger partial charge in [-0.05, 0) is 37.4 Å². The van der Waals surface area contributed by atoms with Crippen LogP contribution in [-0.2, 0) is 15.7 Å². The van der Waals surface area contributed by atoms with E-state index in [1.165, 1.54) is 12.3 Å². The monoisotopic (exact) mass is 547 g/mol. The maximum atomic E-state index is 13.4. The van der Waals surface area contributed by atoms with E-state index in [9.17, 15) is 18.0 Å². The molecule has 36 heavy (non-hydrogen) atoms. The summed E-state index contributed by atoms with van der Waals surface area (Å²) in [7, 11) is 0. The van der Waals surface area contributed by atoms with Gasteiger partial charge in [0.1, 0.15) is 6.61 Å². The zero-order valence-electron chi connectivity index (χ0n) is 20.0. The number of hydrogen-bond acceptors (Lipinski definition) is 6. The van der Waals surface area contributed by atoms with Crippen LogP contribution in [0.4, 0.5) is 24.5 Å². The van der Waals surface area contributed by atoms with E-state index < -0.39 is 17.7 Å². The number of esters is 1. The summed E-state index contributed by atoms with van der Waals surface area (Å²) >= 11 is 0. The number of aromatic nitrogens is 1. The summed E-state index contributed by atoms with van der Waals surface area (Å²) in [5.41, 5.74) is 0.0998. The first-order chi connectivity index (χ1) is 16.3. The summed E-state index contributed by atoms with van der Waals surface area (Å²) in [6.07, 6.45) is -3.23. The van der Waals surface area contributed by atoms with Crippen molar-refractivity contribution in [1.82, 2.24) is 9.88 Å². The molecule has 0 atom stereocenters. The average molecular weight is 548 g/mol. The van der Waals surface area contributed by atoms with Crippen LogP contribution in [0.25, 0.3) is 10.9 Å². The van der Waals surface area contributed by atoms with Crippen molar-refractivity contribution in [2.24, 2.45) is 0 Å². The predicted molar refractivity (Wildman–Crippen MR) is 140 cm³/mol. The van der Waals surface area contributed by atoms with Gasteiger partial charge in [-0.15, -0.1) is 24.8 Å².